The summed E-state index contributed by atoms with van der Waals surface area (Å²) in [4.78, 5) is 15.1. The Hall–Kier alpha value is -1.35. The molecule has 2 aliphatic rings. The van der Waals surface area contributed by atoms with E-state index in [4.69, 9.17) is 4.74 Å². The van der Waals surface area contributed by atoms with Gasteiger partial charge in [-0.25, -0.2) is 0 Å². The van der Waals surface area contributed by atoms with Crippen LogP contribution in [0, 0.1) is 17.8 Å². The van der Waals surface area contributed by atoms with Gasteiger partial charge in [0.15, 0.2) is 5.78 Å². The molecule has 2 unspecified atom stereocenters. The first-order chi connectivity index (χ1) is 10.6. The van der Waals surface area contributed by atoms with Gasteiger partial charge in [-0.05, 0) is 55.4 Å². The van der Waals surface area contributed by atoms with E-state index in [-0.39, 0.29) is 5.92 Å². The molecule has 0 bridgehead atoms. The predicted octanol–water partition coefficient (Wildman–Crippen LogP) is 3.78. The molecule has 1 aromatic rings. The second-order valence-corrected chi connectivity index (χ2v) is 7.12. The highest BCUT2D eigenvalue weighted by molar-refractivity contribution is 5.98. The van der Waals surface area contributed by atoms with Crippen LogP contribution in [0.15, 0.2) is 24.3 Å². The number of Topliss-reactive ketones (excluding diaryl/α,β-unsaturated/α-hetero) is 1. The summed E-state index contributed by atoms with van der Waals surface area (Å²) < 4.78 is 5.39. The van der Waals surface area contributed by atoms with E-state index < -0.39 is 0 Å². The molecule has 0 radical (unpaired) electrons. The smallest absolute Gasteiger partial charge is 0.165 e. The monoisotopic (exact) mass is 301 g/mol. The number of benzene rings is 1. The van der Waals surface area contributed by atoms with Gasteiger partial charge in [-0.15, -0.1) is 0 Å². The number of nitrogens with zero attached hydrogens (tertiary/aromatic N) is 1. The Kier molecular flexibility index (Phi) is 4.82. The Morgan fingerprint density at radius 1 is 1.00 bits per heavy atom. The summed E-state index contributed by atoms with van der Waals surface area (Å²) in [6.45, 7) is 8.00. The van der Waals surface area contributed by atoms with Gasteiger partial charge in [-0.3, -0.25) is 4.79 Å². The zero-order chi connectivity index (χ0) is 15.5. The Morgan fingerprint density at radius 2 is 1.59 bits per heavy atom. The number of hydrogen-bond donors (Lipinski definition) is 0. The van der Waals surface area contributed by atoms with Gasteiger partial charge in [0.1, 0.15) is 0 Å². The molecule has 120 valence electrons. The van der Waals surface area contributed by atoms with Crippen LogP contribution >= 0.6 is 0 Å². The topological polar surface area (TPSA) is 29.5 Å². The van der Waals surface area contributed by atoms with Crippen molar-refractivity contribution in [1.29, 1.82) is 0 Å². The second kappa shape index (κ2) is 6.82. The lowest BCUT2D eigenvalue weighted by Crippen LogP contribution is -2.36. The van der Waals surface area contributed by atoms with Gasteiger partial charge in [0.2, 0.25) is 0 Å². The van der Waals surface area contributed by atoms with Crippen molar-refractivity contribution in [1.82, 2.24) is 0 Å². The average molecular weight is 301 g/mol. The maximum absolute atomic E-state index is 12.7. The molecule has 1 aliphatic heterocycles. The predicted molar refractivity (Wildman–Crippen MR) is 89.5 cm³/mol. The minimum atomic E-state index is 0.216. The van der Waals surface area contributed by atoms with E-state index in [9.17, 15) is 4.79 Å². The molecule has 0 spiro atoms. The molecule has 3 rings (SSSR count). The fraction of sp³-hybridized carbons (Fsp3) is 0.632. The molecule has 2 fully saturated rings. The van der Waals surface area contributed by atoms with Crippen molar-refractivity contribution in [3.63, 3.8) is 0 Å². The van der Waals surface area contributed by atoms with Gasteiger partial charge < -0.3 is 9.64 Å². The number of hydrogen-bond acceptors (Lipinski definition) is 3. The Balaban J connectivity index is 1.68. The third kappa shape index (κ3) is 3.52. The van der Waals surface area contributed by atoms with Crippen LogP contribution in [0.1, 0.15) is 43.5 Å². The van der Waals surface area contributed by atoms with Gasteiger partial charge >= 0.3 is 0 Å². The third-order valence-corrected chi connectivity index (χ3v) is 5.08. The third-order valence-electron chi connectivity index (χ3n) is 5.08. The lowest BCUT2D eigenvalue weighted by Gasteiger charge is -2.31. The van der Waals surface area contributed by atoms with Crippen molar-refractivity contribution in [2.24, 2.45) is 17.8 Å². The molecule has 22 heavy (non-hydrogen) atoms. The molecular formula is C19H27NO2. The highest BCUT2D eigenvalue weighted by atomic mass is 16.5. The van der Waals surface area contributed by atoms with E-state index >= 15 is 0 Å². The molecule has 2 atom stereocenters. The second-order valence-electron chi connectivity index (χ2n) is 7.12. The summed E-state index contributed by atoms with van der Waals surface area (Å²) >= 11 is 0. The molecular weight excluding hydrogens is 274 g/mol. The summed E-state index contributed by atoms with van der Waals surface area (Å²) in [6, 6.07) is 8.20. The lowest BCUT2D eigenvalue weighted by molar-refractivity contribution is 0.0836. The van der Waals surface area contributed by atoms with Crippen molar-refractivity contribution in [2.45, 2.75) is 33.1 Å². The van der Waals surface area contributed by atoms with E-state index in [1.54, 1.807) is 0 Å². The summed E-state index contributed by atoms with van der Waals surface area (Å²) in [5.74, 6) is 1.90. The first-order valence-corrected chi connectivity index (χ1v) is 8.60. The van der Waals surface area contributed by atoms with E-state index in [0.29, 0.717) is 17.6 Å². The zero-order valence-corrected chi connectivity index (χ0v) is 13.8. The maximum atomic E-state index is 12.7. The number of ether oxygens (including phenoxy) is 1. The first-order valence-electron chi connectivity index (χ1n) is 8.60. The van der Waals surface area contributed by atoms with Crippen LogP contribution in [0.5, 0.6) is 0 Å². The fourth-order valence-electron chi connectivity index (χ4n) is 4.05. The van der Waals surface area contributed by atoms with Crippen LogP contribution in [-0.4, -0.2) is 32.1 Å². The van der Waals surface area contributed by atoms with Crippen LogP contribution in [0.25, 0.3) is 0 Å². The first kappa shape index (κ1) is 15.5. The quantitative estimate of drug-likeness (QED) is 0.796. The number of rotatable bonds is 3. The summed E-state index contributed by atoms with van der Waals surface area (Å²) in [7, 11) is 0. The summed E-state index contributed by atoms with van der Waals surface area (Å²) in [6.07, 6.45) is 3.36. The summed E-state index contributed by atoms with van der Waals surface area (Å²) in [5.41, 5.74) is 2.08. The van der Waals surface area contributed by atoms with Crippen molar-refractivity contribution in [3.8, 4) is 0 Å². The Morgan fingerprint density at radius 3 is 2.18 bits per heavy atom. The van der Waals surface area contributed by atoms with Crippen molar-refractivity contribution in [3.05, 3.63) is 29.8 Å². The lowest BCUT2D eigenvalue weighted by atomic mass is 9.74. The van der Waals surface area contributed by atoms with Crippen LogP contribution < -0.4 is 4.90 Å². The molecule has 3 heteroatoms. The molecule has 1 saturated carbocycles. The van der Waals surface area contributed by atoms with Crippen LogP contribution in [0.3, 0.4) is 0 Å². The van der Waals surface area contributed by atoms with Crippen LogP contribution in [-0.2, 0) is 4.74 Å². The highest BCUT2D eigenvalue weighted by Crippen LogP contribution is 2.34. The molecule has 0 N–H and O–H groups in total. The average Bonchev–Trinajstić information content (AvgIpc) is 2.54. The number of anilines is 1. The van der Waals surface area contributed by atoms with E-state index in [1.807, 2.05) is 12.1 Å². The maximum Gasteiger partial charge on any atom is 0.165 e. The minimum absolute atomic E-state index is 0.216. The van der Waals surface area contributed by atoms with E-state index in [1.165, 1.54) is 12.1 Å². The number of ketones is 1. The van der Waals surface area contributed by atoms with E-state index in [0.717, 1.165) is 44.7 Å². The zero-order valence-electron chi connectivity index (χ0n) is 13.8. The number of morpholine rings is 1. The molecule has 1 heterocycles. The van der Waals surface area contributed by atoms with Crippen molar-refractivity contribution >= 4 is 11.5 Å². The van der Waals surface area contributed by atoms with Gasteiger partial charge in [0.25, 0.3) is 0 Å². The van der Waals surface area contributed by atoms with Gasteiger partial charge in [-0.2, -0.15) is 0 Å². The van der Waals surface area contributed by atoms with Gasteiger partial charge in [-0.1, -0.05) is 13.8 Å². The normalized spacial score (nSPS) is 29.4. The molecule has 0 amide bonds. The van der Waals surface area contributed by atoms with Gasteiger partial charge in [0, 0.05) is 30.3 Å². The molecule has 1 aliphatic carbocycles. The van der Waals surface area contributed by atoms with E-state index in [2.05, 4.69) is 30.9 Å². The fourth-order valence-corrected chi connectivity index (χ4v) is 4.05. The Bertz CT molecular complexity index is 495. The standard InChI is InChI=1S/C19H27NO2/c1-14-11-15(2)13-17(12-14)19(21)16-3-5-18(6-4-16)20-7-9-22-10-8-20/h3-6,14-15,17H,7-13H2,1-2H3. The van der Waals surface area contributed by atoms with Crippen molar-refractivity contribution in [2.75, 3.05) is 31.2 Å². The Labute approximate surface area is 133 Å². The van der Waals surface area contributed by atoms with Crippen LogP contribution in [0.2, 0.25) is 0 Å². The highest BCUT2D eigenvalue weighted by Gasteiger charge is 2.29. The molecule has 3 nitrogen and oxygen atoms in total. The van der Waals surface area contributed by atoms with Crippen molar-refractivity contribution < 1.29 is 9.53 Å². The van der Waals surface area contributed by atoms with Gasteiger partial charge in [0.05, 0.1) is 13.2 Å². The minimum Gasteiger partial charge on any atom is -0.378 e. The number of carbonyl (C=O) groups excluding carboxylic acids is 1. The largest absolute Gasteiger partial charge is 0.378 e. The van der Waals surface area contributed by atoms with Crippen LogP contribution in [0.4, 0.5) is 5.69 Å². The molecule has 0 aromatic heterocycles. The number of carbonyl (C=O) groups is 1. The SMILES string of the molecule is CC1CC(C)CC(C(=O)c2ccc(N3CCOCC3)cc2)C1. The summed E-state index contributed by atoms with van der Waals surface area (Å²) in [5, 5.41) is 0. The molecule has 1 saturated heterocycles. The molecule has 1 aromatic carbocycles.